The van der Waals surface area contributed by atoms with Crippen LogP contribution in [-0.2, 0) is 5.66 Å². The number of nitrogens with one attached hydrogen (secondary N) is 1. The van der Waals surface area contributed by atoms with Crippen LogP contribution in [-0.4, -0.2) is 6.34 Å². The molecule has 1 atom stereocenters. The topological polar surface area (TPSA) is 85.7 Å². The Bertz CT molecular complexity index is 922. The Morgan fingerprint density at radius 2 is 1.60 bits per heavy atom. The number of benzene rings is 3. The van der Waals surface area contributed by atoms with E-state index in [-0.39, 0.29) is 0 Å². The summed E-state index contributed by atoms with van der Waals surface area (Å²) in [4.78, 5) is 4.47. The number of rotatable bonds is 3. The van der Waals surface area contributed by atoms with Crippen molar-refractivity contribution in [3.63, 3.8) is 0 Å². The van der Waals surface area contributed by atoms with Crippen LogP contribution < -0.4 is 21.5 Å². The molecule has 1 heterocycles. The number of aliphatic imine (C=N–C) groups is 1. The van der Waals surface area contributed by atoms with Crippen LogP contribution in [0.3, 0.4) is 0 Å². The van der Waals surface area contributed by atoms with E-state index >= 15 is 0 Å². The zero-order valence-corrected chi connectivity index (χ0v) is 13.5. The fourth-order valence-corrected chi connectivity index (χ4v) is 2.91. The van der Waals surface area contributed by atoms with Gasteiger partial charge in [0.05, 0.1) is 6.34 Å². The van der Waals surface area contributed by atoms with Crippen molar-refractivity contribution in [2.45, 2.75) is 5.66 Å². The molecular formula is C20H18N4O. The Morgan fingerprint density at radius 1 is 0.880 bits per heavy atom. The van der Waals surface area contributed by atoms with Crippen molar-refractivity contribution < 1.29 is 4.74 Å². The lowest BCUT2D eigenvalue weighted by Gasteiger charge is -2.31. The van der Waals surface area contributed by atoms with E-state index in [1.54, 1.807) is 6.34 Å². The number of hydrogen-bond donors (Lipinski definition) is 3. The number of hydrogen-bond acceptors (Lipinski definition) is 5. The molecule has 0 amide bonds. The molecule has 0 fully saturated rings. The molecule has 5 heteroatoms. The van der Waals surface area contributed by atoms with Crippen LogP contribution in [0.5, 0.6) is 11.5 Å². The van der Waals surface area contributed by atoms with Gasteiger partial charge in [0.15, 0.2) is 5.66 Å². The molecule has 0 saturated heterocycles. The van der Waals surface area contributed by atoms with E-state index in [9.17, 15) is 0 Å². The molecule has 0 aromatic heterocycles. The van der Waals surface area contributed by atoms with E-state index < -0.39 is 5.66 Å². The normalized spacial score (nSPS) is 18.3. The summed E-state index contributed by atoms with van der Waals surface area (Å²) >= 11 is 0. The average molecular weight is 330 g/mol. The highest BCUT2D eigenvalue weighted by molar-refractivity contribution is 5.83. The van der Waals surface area contributed by atoms with Gasteiger partial charge in [0.25, 0.3) is 0 Å². The van der Waals surface area contributed by atoms with Gasteiger partial charge in [0, 0.05) is 16.9 Å². The lowest BCUT2D eigenvalue weighted by molar-refractivity contribution is 0.481. The van der Waals surface area contributed by atoms with Crippen molar-refractivity contribution in [2.24, 2.45) is 10.7 Å². The number of nitrogens with two attached hydrogens (primary N) is 2. The highest BCUT2D eigenvalue weighted by Gasteiger charge is 2.33. The van der Waals surface area contributed by atoms with E-state index in [2.05, 4.69) is 10.3 Å². The molecule has 1 unspecified atom stereocenters. The van der Waals surface area contributed by atoms with Gasteiger partial charge in [-0.2, -0.15) is 0 Å². The highest BCUT2D eigenvalue weighted by atomic mass is 16.5. The molecule has 3 aromatic rings. The largest absolute Gasteiger partial charge is 0.457 e. The van der Waals surface area contributed by atoms with Crippen LogP contribution >= 0.6 is 0 Å². The van der Waals surface area contributed by atoms with Gasteiger partial charge >= 0.3 is 0 Å². The Balaban J connectivity index is 1.67. The molecule has 1 aliphatic rings. The van der Waals surface area contributed by atoms with E-state index in [1.165, 1.54) is 0 Å². The first-order chi connectivity index (χ1) is 12.1. The number of ether oxygens (including phenoxy) is 1. The van der Waals surface area contributed by atoms with Crippen molar-refractivity contribution in [3.05, 3.63) is 83.9 Å². The summed E-state index contributed by atoms with van der Waals surface area (Å²) in [6.45, 7) is 0. The van der Waals surface area contributed by atoms with Crippen LogP contribution in [0, 0.1) is 0 Å². The molecular weight excluding hydrogens is 312 g/mol. The minimum absolute atomic E-state index is 0.650. The molecule has 4 rings (SSSR count). The van der Waals surface area contributed by atoms with Gasteiger partial charge in [0.1, 0.15) is 11.5 Å². The predicted molar refractivity (Wildman–Crippen MR) is 101 cm³/mol. The fourth-order valence-electron chi connectivity index (χ4n) is 2.91. The van der Waals surface area contributed by atoms with Crippen molar-refractivity contribution in [1.29, 1.82) is 0 Å². The van der Waals surface area contributed by atoms with Gasteiger partial charge in [0.2, 0.25) is 0 Å². The maximum Gasteiger partial charge on any atom is 0.163 e. The molecule has 5 N–H and O–H groups in total. The first-order valence-electron chi connectivity index (χ1n) is 7.98. The van der Waals surface area contributed by atoms with Gasteiger partial charge in [-0.25, -0.2) is 4.99 Å². The lowest BCUT2D eigenvalue weighted by atomic mass is 9.90. The minimum atomic E-state index is -0.985. The minimum Gasteiger partial charge on any atom is -0.457 e. The van der Waals surface area contributed by atoms with Crippen LogP contribution in [0.2, 0.25) is 0 Å². The second kappa shape index (κ2) is 5.96. The summed E-state index contributed by atoms with van der Waals surface area (Å²) in [5.74, 6) is 1.53. The molecule has 1 aliphatic heterocycles. The molecule has 5 nitrogen and oxygen atoms in total. The zero-order valence-electron chi connectivity index (χ0n) is 13.5. The summed E-state index contributed by atoms with van der Waals surface area (Å²) in [6.07, 6.45) is 1.62. The van der Waals surface area contributed by atoms with E-state index in [4.69, 9.17) is 16.2 Å². The number of nitrogens with zero attached hydrogens (tertiary/aromatic N) is 1. The summed E-state index contributed by atoms with van der Waals surface area (Å²) in [6, 6.07) is 22.9. The number of nitrogen functional groups attached to an aromatic ring is 1. The molecule has 0 spiro atoms. The zero-order chi connectivity index (χ0) is 17.3. The lowest BCUT2D eigenvalue weighted by Crippen LogP contribution is -2.39. The van der Waals surface area contributed by atoms with Crippen LogP contribution in [0.25, 0.3) is 0 Å². The maximum absolute atomic E-state index is 6.63. The maximum atomic E-state index is 6.63. The SMILES string of the molecule is Nc1ccc2c(c1)C(N)(c1ccc(Oc3ccccc3)cc1)N=CN2. The van der Waals surface area contributed by atoms with Crippen LogP contribution in [0.15, 0.2) is 77.8 Å². The molecule has 0 aliphatic carbocycles. The molecule has 124 valence electrons. The van der Waals surface area contributed by atoms with Crippen molar-refractivity contribution in [3.8, 4) is 11.5 Å². The third-order valence-electron chi connectivity index (χ3n) is 4.22. The molecule has 0 bridgehead atoms. The quantitative estimate of drug-likeness (QED) is 0.640. The number of para-hydroxylation sites is 1. The molecule has 25 heavy (non-hydrogen) atoms. The predicted octanol–water partition coefficient (Wildman–Crippen LogP) is 3.67. The summed E-state index contributed by atoms with van der Waals surface area (Å²) in [5.41, 5.74) is 14.8. The number of fused-ring (bicyclic) bond motifs is 1. The monoisotopic (exact) mass is 330 g/mol. The second-order valence-electron chi connectivity index (χ2n) is 5.91. The third kappa shape index (κ3) is 2.81. The molecule has 0 saturated carbocycles. The Morgan fingerprint density at radius 3 is 2.36 bits per heavy atom. The van der Waals surface area contributed by atoms with Gasteiger partial charge in [-0.1, -0.05) is 30.3 Å². The third-order valence-corrected chi connectivity index (χ3v) is 4.22. The van der Waals surface area contributed by atoms with E-state index in [0.717, 1.165) is 28.3 Å². The number of anilines is 2. The van der Waals surface area contributed by atoms with Crippen molar-refractivity contribution >= 4 is 17.7 Å². The van der Waals surface area contributed by atoms with Gasteiger partial charge < -0.3 is 15.8 Å². The van der Waals surface area contributed by atoms with Gasteiger partial charge in [-0.3, -0.25) is 5.73 Å². The van der Waals surface area contributed by atoms with E-state index in [1.807, 2.05) is 72.8 Å². The van der Waals surface area contributed by atoms with Crippen LogP contribution in [0.1, 0.15) is 11.1 Å². The highest BCUT2D eigenvalue weighted by Crippen LogP contribution is 2.37. The summed E-state index contributed by atoms with van der Waals surface area (Å²) in [5, 5.41) is 3.11. The first-order valence-corrected chi connectivity index (χ1v) is 7.98. The smallest absolute Gasteiger partial charge is 0.163 e. The second-order valence-corrected chi connectivity index (χ2v) is 5.91. The first kappa shape index (κ1) is 15.2. The Hall–Kier alpha value is -3.31. The fraction of sp³-hybridized carbons (Fsp3) is 0.0500. The van der Waals surface area contributed by atoms with Gasteiger partial charge in [-0.15, -0.1) is 0 Å². The molecule has 0 radical (unpaired) electrons. The van der Waals surface area contributed by atoms with Crippen LogP contribution in [0.4, 0.5) is 11.4 Å². The summed E-state index contributed by atoms with van der Waals surface area (Å²) in [7, 11) is 0. The summed E-state index contributed by atoms with van der Waals surface area (Å²) < 4.78 is 5.83. The Kier molecular flexibility index (Phi) is 3.63. The van der Waals surface area contributed by atoms with Crippen molar-refractivity contribution in [2.75, 3.05) is 11.1 Å². The van der Waals surface area contributed by atoms with Gasteiger partial charge in [-0.05, 0) is 48.0 Å². The molecule has 3 aromatic carbocycles. The standard InChI is InChI=1S/C20H18N4O/c21-15-8-11-19-18(12-15)20(22,24-13-23-19)14-6-9-17(10-7-14)25-16-4-2-1-3-5-16/h1-13H,21-22H2,(H,23,24). The van der Waals surface area contributed by atoms with E-state index in [0.29, 0.717) is 5.69 Å². The Labute approximate surface area is 146 Å². The van der Waals surface area contributed by atoms with Crippen molar-refractivity contribution in [1.82, 2.24) is 0 Å². The average Bonchev–Trinajstić information content (AvgIpc) is 2.64.